The van der Waals surface area contributed by atoms with Crippen LogP contribution in [0.15, 0.2) is 71.8 Å². The molecular formula is C24H23N5O4S. The highest BCUT2D eigenvalue weighted by atomic mass is 32.2. The molecule has 1 N–H and O–H groups in total. The lowest BCUT2D eigenvalue weighted by Gasteiger charge is -2.35. The van der Waals surface area contributed by atoms with Crippen molar-refractivity contribution in [2.24, 2.45) is 0 Å². The normalized spacial score (nSPS) is 13.8. The van der Waals surface area contributed by atoms with Gasteiger partial charge < -0.3 is 14.5 Å². The van der Waals surface area contributed by atoms with E-state index in [1.807, 2.05) is 4.90 Å². The summed E-state index contributed by atoms with van der Waals surface area (Å²) in [6.07, 6.45) is 1.64. The van der Waals surface area contributed by atoms with E-state index in [1.54, 1.807) is 59.6 Å². The zero-order chi connectivity index (χ0) is 24.1. The summed E-state index contributed by atoms with van der Waals surface area (Å²) in [6.45, 7) is 1.89. The minimum absolute atomic E-state index is 0.0185. The van der Waals surface area contributed by atoms with Crippen molar-refractivity contribution in [2.45, 2.75) is 4.90 Å². The van der Waals surface area contributed by atoms with E-state index in [0.717, 1.165) is 0 Å². The number of methoxy groups -OCH3 is 1. The second kappa shape index (κ2) is 9.80. The molecule has 1 amide bonds. The summed E-state index contributed by atoms with van der Waals surface area (Å²) >= 11 is 0. The number of carbonyl (C=O) groups excluding carboxylic acids is 1. The highest BCUT2D eigenvalue weighted by molar-refractivity contribution is 7.92. The molecule has 0 radical (unpaired) electrons. The van der Waals surface area contributed by atoms with Crippen molar-refractivity contribution in [2.75, 3.05) is 42.9 Å². The predicted molar refractivity (Wildman–Crippen MR) is 127 cm³/mol. The molecule has 1 fully saturated rings. The largest absolute Gasteiger partial charge is 0.495 e. The van der Waals surface area contributed by atoms with E-state index in [9.17, 15) is 18.5 Å². The number of ether oxygens (including phenoxy) is 1. The Labute approximate surface area is 198 Å². The monoisotopic (exact) mass is 477 g/mol. The number of anilines is 2. The summed E-state index contributed by atoms with van der Waals surface area (Å²) in [4.78, 5) is 21.0. The smallest absolute Gasteiger partial charge is 0.262 e. The van der Waals surface area contributed by atoms with Gasteiger partial charge in [-0.25, -0.2) is 13.4 Å². The van der Waals surface area contributed by atoms with Crippen LogP contribution < -0.4 is 14.4 Å². The zero-order valence-electron chi connectivity index (χ0n) is 18.5. The summed E-state index contributed by atoms with van der Waals surface area (Å²) in [5.41, 5.74) is 1.08. The Hall–Kier alpha value is -4.10. The van der Waals surface area contributed by atoms with Crippen LogP contribution >= 0.6 is 0 Å². The lowest BCUT2D eigenvalue weighted by atomic mass is 10.1. The van der Waals surface area contributed by atoms with E-state index in [0.29, 0.717) is 49.0 Å². The lowest BCUT2D eigenvalue weighted by Crippen LogP contribution is -2.49. The first-order valence-electron chi connectivity index (χ1n) is 10.6. The average molecular weight is 478 g/mol. The van der Waals surface area contributed by atoms with E-state index < -0.39 is 10.0 Å². The van der Waals surface area contributed by atoms with Crippen molar-refractivity contribution in [3.05, 3.63) is 78.0 Å². The van der Waals surface area contributed by atoms with Crippen molar-refractivity contribution in [3.63, 3.8) is 0 Å². The van der Waals surface area contributed by atoms with Crippen LogP contribution in [0, 0.1) is 11.3 Å². The molecule has 0 atom stereocenters. The van der Waals surface area contributed by atoms with E-state index in [-0.39, 0.29) is 16.4 Å². The third-order valence-corrected chi connectivity index (χ3v) is 6.88. The third-order valence-electron chi connectivity index (χ3n) is 5.52. The van der Waals surface area contributed by atoms with E-state index >= 15 is 0 Å². The fourth-order valence-corrected chi connectivity index (χ4v) is 4.88. The van der Waals surface area contributed by atoms with Crippen molar-refractivity contribution in [3.8, 4) is 11.8 Å². The predicted octanol–water partition coefficient (Wildman–Crippen LogP) is 2.73. The van der Waals surface area contributed by atoms with Crippen molar-refractivity contribution < 1.29 is 17.9 Å². The van der Waals surface area contributed by atoms with Crippen molar-refractivity contribution in [1.29, 1.82) is 5.26 Å². The molecular weight excluding hydrogens is 454 g/mol. The fourth-order valence-electron chi connectivity index (χ4n) is 3.77. The molecule has 3 aromatic rings. The number of pyridine rings is 1. The van der Waals surface area contributed by atoms with Crippen LogP contribution in [-0.2, 0) is 10.0 Å². The highest BCUT2D eigenvalue weighted by Gasteiger charge is 2.25. The van der Waals surface area contributed by atoms with Gasteiger partial charge in [0.2, 0.25) is 0 Å². The first-order chi connectivity index (χ1) is 16.4. The van der Waals surface area contributed by atoms with E-state index in [1.165, 1.54) is 19.2 Å². The SMILES string of the molecule is COc1ccccc1NS(=O)(=O)c1cccc(C(=O)N2CCN(c3ncccc3C#N)CC2)c1. The number of hydrogen-bond donors (Lipinski definition) is 1. The number of amides is 1. The number of benzene rings is 2. The molecule has 0 unspecified atom stereocenters. The number of piperazine rings is 1. The Balaban J connectivity index is 1.48. The van der Waals surface area contributed by atoms with Gasteiger partial charge in [0.05, 0.1) is 23.3 Å². The van der Waals surface area contributed by atoms with E-state index in [2.05, 4.69) is 15.8 Å². The van der Waals surface area contributed by atoms with Crippen LogP contribution in [0.25, 0.3) is 0 Å². The zero-order valence-corrected chi connectivity index (χ0v) is 19.3. The van der Waals surface area contributed by atoms with Gasteiger partial charge in [0.1, 0.15) is 17.6 Å². The van der Waals surface area contributed by atoms with Gasteiger partial charge in [-0.3, -0.25) is 9.52 Å². The number of para-hydroxylation sites is 2. The maximum absolute atomic E-state index is 13.1. The number of rotatable bonds is 6. The molecule has 0 bridgehead atoms. The van der Waals surface area contributed by atoms with Crippen molar-refractivity contribution >= 4 is 27.4 Å². The molecule has 9 nitrogen and oxygen atoms in total. The molecule has 1 aliphatic rings. The Morgan fingerprint density at radius 3 is 2.56 bits per heavy atom. The molecule has 0 saturated carbocycles. The molecule has 34 heavy (non-hydrogen) atoms. The van der Waals surface area contributed by atoms with E-state index in [4.69, 9.17) is 4.74 Å². The van der Waals surface area contributed by atoms with Gasteiger partial charge in [0, 0.05) is 37.9 Å². The molecule has 0 spiro atoms. The number of hydrogen-bond acceptors (Lipinski definition) is 7. The molecule has 4 rings (SSSR count). The molecule has 1 saturated heterocycles. The number of aromatic nitrogens is 1. The van der Waals surface area contributed by atoms with Crippen LogP contribution in [-0.4, -0.2) is 57.5 Å². The Morgan fingerprint density at radius 2 is 1.82 bits per heavy atom. The Morgan fingerprint density at radius 1 is 1.06 bits per heavy atom. The van der Waals surface area contributed by atoms with Gasteiger partial charge in [-0.2, -0.15) is 5.26 Å². The van der Waals surface area contributed by atoms with Crippen LogP contribution in [0.5, 0.6) is 5.75 Å². The van der Waals surface area contributed by atoms with Gasteiger partial charge in [-0.05, 0) is 42.5 Å². The highest BCUT2D eigenvalue weighted by Crippen LogP contribution is 2.26. The first-order valence-corrected chi connectivity index (χ1v) is 12.1. The quantitative estimate of drug-likeness (QED) is 0.580. The molecule has 2 aromatic carbocycles. The molecule has 1 aliphatic heterocycles. The van der Waals surface area contributed by atoms with Crippen LogP contribution in [0.1, 0.15) is 15.9 Å². The topological polar surface area (TPSA) is 116 Å². The van der Waals surface area contributed by atoms with Gasteiger partial charge >= 0.3 is 0 Å². The third kappa shape index (κ3) is 4.79. The Kier molecular flexibility index (Phi) is 6.65. The molecule has 2 heterocycles. The van der Waals surface area contributed by atoms with Gasteiger partial charge in [0.15, 0.2) is 0 Å². The standard InChI is InChI=1S/C24H23N5O4S/c1-33-22-10-3-2-9-21(22)27-34(31,32)20-8-4-6-18(16-20)24(30)29-14-12-28(13-15-29)23-19(17-25)7-5-11-26-23/h2-11,16,27H,12-15H2,1H3. The summed E-state index contributed by atoms with van der Waals surface area (Å²) in [6, 6.07) is 18.2. The maximum Gasteiger partial charge on any atom is 0.262 e. The minimum atomic E-state index is -3.93. The van der Waals surface area contributed by atoms with Crippen molar-refractivity contribution in [1.82, 2.24) is 9.88 Å². The number of carbonyl (C=O) groups is 1. The molecule has 10 heteroatoms. The number of nitriles is 1. The summed E-state index contributed by atoms with van der Waals surface area (Å²) < 4.78 is 33.6. The van der Waals surface area contributed by atoms with Crippen LogP contribution in [0.3, 0.4) is 0 Å². The second-order valence-corrected chi connectivity index (χ2v) is 9.28. The Bertz CT molecular complexity index is 1350. The van der Waals surface area contributed by atoms with Gasteiger partial charge in [-0.15, -0.1) is 0 Å². The number of sulfonamides is 1. The molecule has 0 aliphatic carbocycles. The molecule has 1 aromatic heterocycles. The fraction of sp³-hybridized carbons (Fsp3) is 0.208. The maximum atomic E-state index is 13.1. The average Bonchev–Trinajstić information content (AvgIpc) is 2.88. The summed E-state index contributed by atoms with van der Waals surface area (Å²) in [7, 11) is -2.47. The van der Waals surface area contributed by atoms with Crippen LogP contribution in [0.2, 0.25) is 0 Å². The number of nitrogens with one attached hydrogen (secondary N) is 1. The summed E-state index contributed by atoms with van der Waals surface area (Å²) in [5.74, 6) is 0.742. The lowest BCUT2D eigenvalue weighted by molar-refractivity contribution is 0.0746. The summed E-state index contributed by atoms with van der Waals surface area (Å²) in [5, 5.41) is 9.31. The number of nitrogens with zero attached hydrogens (tertiary/aromatic N) is 4. The molecule has 174 valence electrons. The van der Waals surface area contributed by atoms with Crippen LogP contribution in [0.4, 0.5) is 11.5 Å². The van der Waals surface area contributed by atoms with Gasteiger partial charge in [-0.1, -0.05) is 18.2 Å². The minimum Gasteiger partial charge on any atom is -0.495 e. The second-order valence-electron chi connectivity index (χ2n) is 7.60. The van der Waals surface area contributed by atoms with Gasteiger partial charge in [0.25, 0.3) is 15.9 Å². The first kappa shape index (κ1) is 23.1.